The van der Waals surface area contributed by atoms with E-state index >= 15 is 0 Å². The van der Waals surface area contributed by atoms with Gasteiger partial charge < -0.3 is 15.2 Å². The van der Waals surface area contributed by atoms with E-state index in [1.807, 2.05) is 6.07 Å². The molecule has 6 nitrogen and oxygen atoms in total. The number of benzene rings is 1. The Morgan fingerprint density at radius 3 is 2.17 bits per heavy atom. The lowest BCUT2D eigenvalue weighted by molar-refractivity contribution is -0.156. The number of aryl methyl sites for hydroxylation is 2. The minimum Gasteiger partial charge on any atom is -0.460 e. The van der Waals surface area contributed by atoms with E-state index in [4.69, 9.17) is 15.2 Å². The Morgan fingerprint density at radius 2 is 1.67 bits per heavy atom. The maximum atomic E-state index is 12.1. The van der Waals surface area contributed by atoms with Crippen molar-refractivity contribution in [1.82, 2.24) is 0 Å². The summed E-state index contributed by atoms with van der Waals surface area (Å²) in [7, 11) is 0. The Morgan fingerprint density at radius 1 is 1.12 bits per heavy atom. The second-order valence-electron chi connectivity index (χ2n) is 6.71. The molecule has 24 heavy (non-hydrogen) atoms. The third-order valence-corrected chi connectivity index (χ3v) is 3.25. The lowest BCUT2D eigenvalue weighted by atomic mass is 10.0. The predicted octanol–water partition coefficient (Wildman–Crippen LogP) is 2.09. The molecule has 0 heterocycles. The maximum Gasteiger partial charge on any atom is 0.339 e. The van der Waals surface area contributed by atoms with Crippen LogP contribution in [0, 0.1) is 13.8 Å². The Labute approximate surface area is 142 Å². The standard InChI is InChI=1S/C18H25NO5/c1-11-7-6-8-12(2)16(11)17(22)23-10-14(20)13(19)9-15(21)24-18(3,4)5/h6-8,13H,9-10,19H2,1-5H3/t13-/m0/s1. The summed E-state index contributed by atoms with van der Waals surface area (Å²) >= 11 is 0. The third kappa shape index (κ3) is 6.12. The highest BCUT2D eigenvalue weighted by Crippen LogP contribution is 2.14. The zero-order chi connectivity index (χ0) is 18.5. The second kappa shape index (κ2) is 8.06. The van der Waals surface area contributed by atoms with Gasteiger partial charge in [-0.15, -0.1) is 0 Å². The Hall–Kier alpha value is -2.21. The fourth-order valence-corrected chi connectivity index (χ4v) is 2.13. The molecule has 132 valence electrons. The van der Waals surface area contributed by atoms with Gasteiger partial charge in [-0.05, 0) is 45.7 Å². The molecule has 0 amide bonds. The summed E-state index contributed by atoms with van der Waals surface area (Å²) in [5, 5.41) is 0. The molecule has 2 N–H and O–H groups in total. The Balaban J connectivity index is 2.56. The molecule has 0 spiro atoms. The van der Waals surface area contributed by atoms with E-state index in [1.54, 1.807) is 46.8 Å². The maximum absolute atomic E-state index is 12.1. The van der Waals surface area contributed by atoms with Gasteiger partial charge in [-0.1, -0.05) is 18.2 Å². The van der Waals surface area contributed by atoms with Gasteiger partial charge in [0.1, 0.15) is 5.60 Å². The van der Waals surface area contributed by atoms with Gasteiger partial charge in [0.05, 0.1) is 18.0 Å². The highest BCUT2D eigenvalue weighted by Gasteiger charge is 2.24. The van der Waals surface area contributed by atoms with Gasteiger partial charge in [0.2, 0.25) is 0 Å². The van der Waals surface area contributed by atoms with Crippen molar-refractivity contribution < 1.29 is 23.9 Å². The molecular weight excluding hydrogens is 310 g/mol. The highest BCUT2D eigenvalue weighted by atomic mass is 16.6. The first-order valence-electron chi connectivity index (χ1n) is 7.74. The van der Waals surface area contributed by atoms with E-state index in [-0.39, 0.29) is 6.42 Å². The quantitative estimate of drug-likeness (QED) is 0.800. The fourth-order valence-electron chi connectivity index (χ4n) is 2.13. The lowest BCUT2D eigenvalue weighted by Gasteiger charge is -2.20. The molecule has 1 rings (SSSR count). The summed E-state index contributed by atoms with van der Waals surface area (Å²) in [6.07, 6.45) is -0.253. The van der Waals surface area contributed by atoms with Crippen LogP contribution >= 0.6 is 0 Å². The fraction of sp³-hybridized carbons (Fsp3) is 0.500. The van der Waals surface area contributed by atoms with Crippen molar-refractivity contribution >= 4 is 17.7 Å². The van der Waals surface area contributed by atoms with Gasteiger partial charge in [-0.25, -0.2) is 4.79 Å². The molecule has 0 fully saturated rings. The number of rotatable bonds is 6. The van der Waals surface area contributed by atoms with Crippen LogP contribution in [-0.2, 0) is 19.1 Å². The number of carbonyl (C=O) groups is 3. The number of Topliss-reactive ketones (excluding diaryl/α,β-unsaturated/α-hetero) is 1. The number of nitrogens with two attached hydrogens (primary N) is 1. The molecule has 0 aromatic heterocycles. The van der Waals surface area contributed by atoms with Gasteiger partial charge in [0.15, 0.2) is 12.4 Å². The topological polar surface area (TPSA) is 95.7 Å². The summed E-state index contributed by atoms with van der Waals surface area (Å²) in [5.74, 6) is -1.67. The molecular formula is C18H25NO5. The molecule has 0 aliphatic rings. The average Bonchev–Trinajstić information content (AvgIpc) is 2.42. The molecule has 1 aromatic carbocycles. The first-order valence-corrected chi connectivity index (χ1v) is 7.74. The molecule has 0 saturated carbocycles. The first kappa shape index (κ1) is 19.8. The van der Waals surface area contributed by atoms with Crippen molar-refractivity contribution in [2.45, 2.75) is 52.7 Å². The SMILES string of the molecule is Cc1cccc(C)c1C(=O)OCC(=O)[C@@H](N)CC(=O)OC(C)(C)C. The van der Waals surface area contributed by atoms with E-state index < -0.39 is 36.0 Å². The number of carbonyl (C=O) groups excluding carboxylic acids is 3. The lowest BCUT2D eigenvalue weighted by Crippen LogP contribution is -2.38. The van der Waals surface area contributed by atoms with Crippen LogP contribution in [0.15, 0.2) is 18.2 Å². The monoisotopic (exact) mass is 335 g/mol. The molecule has 0 saturated heterocycles. The zero-order valence-electron chi connectivity index (χ0n) is 14.8. The minimum atomic E-state index is -1.06. The summed E-state index contributed by atoms with van der Waals surface area (Å²) in [5.41, 5.74) is 7.01. The van der Waals surface area contributed by atoms with Crippen LogP contribution in [-0.4, -0.2) is 36.0 Å². The van der Waals surface area contributed by atoms with Crippen LogP contribution in [0.5, 0.6) is 0 Å². The van der Waals surface area contributed by atoms with Crippen molar-refractivity contribution in [3.8, 4) is 0 Å². The molecule has 0 unspecified atom stereocenters. The van der Waals surface area contributed by atoms with Crippen LogP contribution < -0.4 is 5.73 Å². The van der Waals surface area contributed by atoms with Gasteiger partial charge in [0.25, 0.3) is 0 Å². The van der Waals surface area contributed by atoms with Crippen molar-refractivity contribution in [2.75, 3.05) is 6.61 Å². The molecule has 0 aliphatic heterocycles. The largest absolute Gasteiger partial charge is 0.460 e. The Kier molecular flexibility index (Phi) is 6.66. The summed E-state index contributed by atoms with van der Waals surface area (Å²) in [6, 6.07) is 4.36. The summed E-state index contributed by atoms with van der Waals surface area (Å²) in [4.78, 5) is 35.7. The molecule has 1 aromatic rings. The molecule has 0 aliphatic carbocycles. The van der Waals surface area contributed by atoms with Crippen molar-refractivity contribution in [2.24, 2.45) is 5.73 Å². The Bertz CT molecular complexity index is 611. The van der Waals surface area contributed by atoms with Gasteiger partial charge in [-0.3, -0.25) is 9.59 Å². The highest BCUT2D eigenvalue weighted by molar-refractivity contribution is 5.95. The first-order chi connectivity index (χ1) is 11.0. The number of esters is 2. The predicted molar refractivity (Wildman–Crippen MR) is 89.6 cm³/mol. The summed E-state index contributed by atoms with van der Waals surface area (Å²) < 4.78 is 10.1. The number of hydrogen-bond donors (Lipinski definition) is 1. The number of hydrogen-bond acceptors (Lipinski definition) is 6. The van der Waals surface area contributed by atoms with Crippen molar-refractivity contribution in [3.63, 3.8) is 0 Å². The van der Waals surface area contributed by atoms with Gasteiger partial charge in [-0.2, -0.15) is 0 Å². The minimum absolute atomic E-state index is 0.253. The van der Waals surface area contributed by atoms with E-state index in [1.165, 1.54) is 0 Å². The van der Waals surface area contributed by atoms with E-state index in [0.29, 0.717) is 5.56 Å². The van der Waals surface area contributed by atoms with Gasteiger partial charge >= 0.3 is 11.9 Å². The normalized spacial score (nSPS) is 12.4. The average molecular weight is 335 g/mol. The van der Waals surface area contributed by atoms with Crippen LogP contribution in [0.1, 0.15) is 48.7 Å². The number of ketones is 1. The van der Waals surface area contributed by atoms with E-state index in [2.05, 4.69) is 0 Å². The van der Waals surface area contributed by atoms with Gasteiger partial charge in [0, 0.05) is 0 Å². The summed E-state index contributed by atoms with van der Waals surface area (Å²) in [6.45, 7) is 8.29. The van der Waals surface area contributed by atoms with Crippen LogP contribution in [0.3, 0.4) is 0 Å². The van der Waals surface area contributed by atoms with E-state index in [0.717, 1.165) is 11.1 Å². The van der Waals surface area contributed by atoms with Crippen LogP contribution in [0.2, 0.25) is 0 Å². The number of ether oxygens (including phenoxy) is 2. The molecule has 0 radical (unpaired) electrons. The van der Waals surface area contributed by atoms with Crippen molar-refractivity contribution in [1.29, 1.82) is 0 Å². The van der Waals surface area contributed by atoms with Crippen LogP contribution in [0.4, 0.5) is 0 Å². The zero-order valence-corrected chi connectivity index (χ0v) is 14.8. The third-order valence-electron chi connectivity index (χ3n) is 3.25. The molecule has 0 bridgehead atoms. The van der Waals surface area contributed by atoms with E-state index in [9.17, 15) is 14.4 Å². The van der Waals surface area contributed by atoms with Crippen molar-refractivity contribution in [3.05, 3.63) is 34.9 Å². The molecule has 6 heteroatoms. The van der Waals surface area contributed by atoms with Crippen LogP contribution in [0.25, 0.3) is 0 Å². The second-order valence-corrected chi connectivity index (χ2v) is 6.71. The molecule has 1 atom stereocenters. The smallest absolute Gasteiger partial charge is 0.339 e.